The molecular weight excluding hydrogens is 292 g/mol. The van der Waals surface area contributed by atoms with Crippen LogP contribution in [0.4, 0.5) is 0 Å². The molecule has 0 aliphatic rings. The zero-order valence-corrected chi connectivity index (χ0v) is 13.4. The number of hydrogen-bond donors (Lipinski definition) is 0. The molecule has 2 aromatic rings. The highest BCUT2D eigenvalue weighted by atomic mass is 16.5. The molecule has 0 aliphatic heterocycles. The summed E-state index contributed by atoms with van der Waals surface area (Å²) in [4.78, 5) is 23.0. The number of unbranched alkanes of at least 4 members (excludes halogenated alkanes) is 2. The van der Waals surface area contributed by atoms with E-state index in [1.165, 1.54) is 0 Å². The lowest BCUT2D eigenvalue weighted by Gasteiger charge is -2.06. The second-order valence-corrected chi connectivity index (χ2v) is 5.35. The minimum atomic E-state index is -0.239. The molecule has 0 bridgehead atoms. The van der Waals surface area contributed by atoms with E-state index in [0.717, 1.165) is 23.6 Å². The van der Waals surface area contributed by atoms with Gasteiger partial charge in [0, 0.05) is 12.8 Å². The molecule has 23 heavy (non-hydrogen) atoms. The Morgan fingerprint density at radius 1 is 0.870 bits per heavy atom. The van der Waals surface area contributed by atoms with Crippen molar-refractivity contribution in [2.24, 2.45) is 0 Å². The number of carbonyl (C=O) groups excluding carboxylic acids is 2. The molecule has 122 valence electrons. The molecular formula is C19H22O4. The van der Waals surface area contributed by atoms with Crippen LogP contribution < -0.4 is 4.74 Å². The van der Waals surface area contributed by atoms with Crippen LogP contribution >= 0.6 is 0 Å². The maximum atomic E-state index is 11.8. The van der Waals surface area contributed by atoms with Gasteiger partial charge in [0.1, 0.15) is 5.75 Å². The second kappa shape index (κ2) is 8.93. The van der Waals surface area contributed by atoms with E-state index in [4.69, 9.17) is 9.47 Å². The molecule has 4 nitrogen and oxygen atoms in total. The van der Waals surface area contributed by atoms with Crippen LogP contribution in [0.1, 0.15) is 39.0 Å². The van der Waals surface area contributed by atoms with Crippen LogP contribution in [0, 0.1) is 0 Å². The Bertz CT molecular complexity index is 663. The lowest BCUT2D eigenvalue weighted by molar-refractivity contribution is -0.143. The van der Waals surface area contributed by atoms with Gasteiger partial charge in [-0.3, -0.25) is 9.59 Å². The average Bonchev–Trinajstić information content (AvgIpc) is 2.54. The summed E-state index contributed by atoms with van der Waals surface area (Å²) in [6.07, 6.45) is 3.03. The van der Waals surface area contributed by atoms with Gasteiger partial charge in [-0.25, -0.2) is 0 Å². The van der Waals surface area contributed by atoms with Crippen molar-refractivity contribution in [3.05, 3.63) is 42.5 Å². The van der Waals surface area contributed by atoms with E-state index in [1.54, 1.807) is 13.0 Å². The second-order valence-electron chi connectivity index (χ2n) is 5.35. The molecule has 0 radical (unpaired) electrons. The third-order valence-corrected chi connectivity index (χ3v) is 3.52. The molecule has 0 fully saturated rings. The fourth-order valence-electron chi connectivity index (χ4n) is 2.36. The smallest absolute Gasteiger partial charge is 0.311 e. The summed E-state index contributed by atoms with van der Waals surface area (Å²) in [5.41, 5.74) is 0. The van der Waals surface area contributed by atoms with E-state index in [0.29, 0.717) is 31.6 Å². The topological polar surface area (TPSA) is 52.6 Å². The maximum Gasteiger partial charge on any atom is 0.311 e. The molecule has 2 rings (SSSR count). The van der Waals surface area contributed by atoms with Gasteiger partial charge in [-0.2, -0.15) is 0 Å². The molecule has 0 amide bonds. The molecule has 0 N–H and O–H groups in total. The Labute approximate surface area is 136 Å². The van der Waals surface area contributed by atoms with Gasteiger partial charge >= 0.3 is 11.9 Å². The van der Waals surface area contributed by atoms with Crippen LogP contribution in [0.5, 0.6) is 5.75 Å². The van der Waals surface area contributed by atoms with Crippen molar-refractivity contribution in [2.75, 3.05) is 6.61 Å². The zero-order valence-electron chi connectivity index (χ0n) is 13.4. The van der Waals surface area contributed by atoms with E-state index >= 15 is 0 Å². The van der Waals surface area contributed by atoms with Gasteiger partial charge in [-0.1, -0.05) is 36.8 Å². The Hall–Kier alpha value is -2.36. The maximum absolute atomic E-state index is 11.8. The summed E-state index contributed by atoms with van der Waals surface area (Å²) in [6.45, 7) is 2.21. The van der Waals surface area contributed by atoms with Crippen LogP contribution in [-0.4, -0.2) is 18.5 Å². The van der Waals surface area contributed by atoms with Gasteiger partial charge in [0.05, 0.1) is 6.61 Å². The van der Waals surface area contributed by atoms with Crippen LogP contribution in [0.3, 0.4) is 0 Å². The summed E-state index contributed by atoms with van der Waals surface area (Å²) in [6, 6.07) is 13.6. The molecule has 0 unspecified atom stereocenters. The van der Waals surface area contributed by atoms with Crippen molar-refractivity contribution in [1.82, 2.24) is 0 Å². The summed E-state index contributed by atoms with van der Waals surface area (Å²) in [5.74, 6) is 0.155. The van der Waals surface area contributed by atoms with Crippen LogP contribution in [0.25, 0.3) is 10.8 Å². The summed E-state index contributed by atoms with van der Waals surface area (Å²) < 4.78 is 10.2. The summed E-state index contributed by atoms with van der Waals surface area (Å²) in [5, 5.41) is 2.17. The fraction of sp³-hybridized carbons (Fsp3) is 0.368. The molecule has 0 spiro atoms. The van der Waals surface area contributed by atoms with Gasteiger partial charge in [0.15, 0.2) is 0 Å². The molecule has 0 atom stereocenters. The molecule has 0 aromatic heterocycles. The molecule has 2 aromatic carbocycles. The van der Waals surface area contributed by atoms with Gasteiger partial charge in [0.25, 0.3) is 0 Å². The first-order valence-electron chi connectivity index (χ1n) is 8.04. The predicted octanol–water partition coefficient (Wildman–Crippen LogP) is 4.26. The number of carbonyl (C=O) groups is 2. The number of rotatable bonds is 8. The fourth-order valence-corrected chi connectivity index (χ4v) is 2.36. The summed E-state index contributed by atoms with van der Waals surface area (Å²) >= 11 is 0. The highest BCUT2D eigenvalue weighted by molar-refractivity contribution is 5.84. The lowest BCUT2D eigenvalue weighted by Crippen LogP contribution is -2.08. The number of hydrogen-bond acceptors (Lipinski definition) is 4. The van der Waals surface area contributed by atoms with Gasteiger partial charge in [0.2, 0.25) is 0 Å². The Balaban J connectivity index is 1.70. The van der Waals surface area contributed by atoms with Crippen LogP contribution in [0.2, 0.25) is 0 Å². The quantitative estimate of drug-likeness (QED) is 0.415. The van der Waals surface area contributed by atoms with Crippen LogP contribution in [0.15, 0.2) is 42.5 Å². The number of esters is 2. The third-order valence-electron chi connectivity index (χ3n) is 3.52. The average molecular weight is 314 g/mol. The third kappa shape index (κ3) is 5.74. The molecule has 0 saturated carbocycles. The Morgan fingerprint density at radius 3 is 2.30 bits per heavy atom. The first-order chi connectivity index (χ1) is 11.2. The van der Waals surface area contributed by atoms with E-state index in [-0.39, 0.29) is 11.9 Å². The number of fused-ring (bicyclic) bond motifs is 1. The zero-order chi connectivity index (χ0) is 16.5. The van der Waals surface area contributed by atoms with Gasteiger partial charge < -0.3 is 9.47 Å². The minimum Gasteiger partial charge on any atom is -0.466 e. The number of ether oxygens (including phenoxy) is 2. The van der Waals surface area contributed by atoms with Crippen molar-refractivity contribution >= 4 is 22.7 Å². The van der Waals surface area contributed by atoms with Crippen LogP contribution in [-0.2, 0) is 14.3 Å². The highest BCUT2D eigenvalue weighted by Gasteiger charge is 2.06. The summed E-state index contributed by atoms with van der Waals surface area (Å²) in [7, 11) is 0. The van der Waals surface area contributed by atoms with E-state index in [1.807, 2.05) is 36.4 Å². The Morgan fingerprint density at radius 2 is 1.57 bits per heavy atom. The highest BCUT2D eigenvalue weighted by Crippen LogP contribution is 2.21. The normalized spacial score (nSPS) is 10.5. The Kier molecular flexibility index (Phi) is 6.60. The number of benzene rings is 2. The molecule has 0 heterocycles. The molecule has 0 aliphatic carbocycles. The standard InChI is InChI=1S/C19H22O4/c1-2-22-18(20)10-4-3-5-11-19(21)23-17-13-12-15-8-6-7-9-16(15)14-17/h6-9,12-14H,2-5,10-11H2,1H3. The van der Waals surface area contributed by atoms with Crippen molar-refractivity contribution in [3.8, 4) is 5.75 Å². The van der Waals surface area contributed by atoms with Gasteiger partial charge in [-0.15, -0.1) is 0 Å². The predicted molar refractivity (Wildman–Crippen MR) is 89.3 cm³/mol. The van der Waals surface area contributed by atoms with Crippen molar-refractivity contribution in [1.29, 1.82) is 0 Å². The SMILES string of the molecule is CCOC(=O)CCCCCC(=O)Oc1ccc2ccccc2c1. The largest absolute Gasteiger partial charge is 0.466 e. The van der Waals surface area contributed by atoms with Crippen molar-refractivity contribution in [3.63, 3.8) is 0 Å². The first kappa shape index (κ1) is 17.0. The minimum absolute atomic E-state index is 0.175. The molecule has 0 saturated heterocycles. The van der Waals surface area contributed by atoms with Crippen molar-refractivity contribution in [2.45, 2.75) is 39.0 Å². The van der Waals surface area contributed by atoms with Crippen molar-refractivity contribution < 1.29 is 19.1 Å². The van der Waals surface area contributed by atoms with E-state index < -0.39 is 0 Å². The lowest BCUT2D eigenvalue weighted by atomic mass is 10.1. The van der Waals surface area contributed by atoms with E-state index in [2.05, 4.69) is 0 Å². The first-order valence-corrected chi connectivity index (χ1v) is 8.04. The van der Waals surface area contributed by atoms with Gasteiger partial charge in [-0.05, 0) is 42.7 Å². The van der Waals surface area contributed by atoms with E-state index in [9.17, 15) is 9.59 Å². The molecule has 4 heteroatoms. The monoisotopic (exact) mass is 314 g/mol.